The van der Waals surface area contributed by atoms with Gasteiger partial charge in [0.15, 0.2) is 5.82 Å². The number of anilines is 1. The van der Waals surface area contributed by atoms with Crippen molar-refractivity contribution in [1.29, 1.82) is 0 Å². The number of pyridine rings is 1. The number of nitrogens with one attached hydrogen (secondary N) is 3. The van der Waals surface area contributed by atoms with Crippen LogP contribution in [0.3, 0.4) is 0 Å². The van der Waals surface area contributed by atoms with Crippen LogP contribution >= 0.6 is 11.6 Å². The van der Waals surface area contributed by atoms with Crippen LogP contribution in [0.5, 0.6) is 0 Å². The molecule has 10 nitrogen and oxygen atoms in total. The highest BCUT2D eigenvalue weighted by molar-refractivity contribution is 6.30. The summed E-state index contributed by atoms with van der Waals surface area (Å²) in [6.45, 7) is 0.467. The molecule has 184 valence electrons. The van der Waals surface area contributed by atoms with E-state index in [1.807, 2.05) is 0 Å². The van der Waals surface area contributed by atoms with E-state index in [9.17, 15) is 14.7 Å². The number of nitrogens with zero attached hydrogens (tertiary/aromatic N) is 3. The molecule has 0 aliphatic rings. The minimum Gasteiger partial charge on any atom is -0.395 e. The molecule has 3 heterocycles. The highest BCUT2D eigenvalue weighted by Crippen LogP contribution is 2.24. The van der Waals surface area contributed by atoms with Gasteiger partial charge < -0.3 is 25.8 Å². The number of carbonyl (C=O) groups excluding carboxylic acids is 1. The number of amides is 1. The van der Waals surface area contributed by atoms with Gasteiger partial charge in [0.1, 0.15) is 17.4 Å². The van der Waals surface area contributed by atoms with E-state index < -0.39 is 17.6 Å². The van der Waals surface area contributed by atoms with E-state index in [0.717, 1.165) is 0 Å². The standard InChI is InChI=1S/C23H23ClN6O4.CH4/c24-16-3-1-14(2-4-16)20(32)7-8-26-22(33)17-11-15(12-27-23(17)34)18-5-6-19-21(25-9-10-31)28-13-29-30(18)19;/h1-6,11-13,20,31-32H,7-10H2,(H,26,33)(H,27,34)(H,25,28,29);1H4/t20-;/m0./s1. The Bertz CT molecular complexity index is 1350. The number of fused-ring (bicyclic) bond motifs is 1. The lowest BCUT2D eigenvalue weighted by Gasteiger charge is -2.12. The SMILES string of the molecule is C.O=C(NCC[C@H](O)c1ccc(Cl)cc1)c1cc(-c2ccc3c(NCCO)ncnn23)c[nH]c1=O. The third-order valence-electron chi connectivity index (χ3n) is 5.26. The van der Waals surface area contributed by atoms with Crippen LogP contribution in [0.1, 0.15) is 35.9 Å². The van der Waals surface area contributed by atoms with E-state index in [-0.39, 0.29) is 32.6 Å². The summed E-state index contributed by atoms with van der Waals surface area (Å²) in [5.41, 5.74) is 2.01. The predicted octanol–water partition coefficient (Wildman–Crippen LogP) is 2.63. The quantitative estimate of drug-likeness (QED) is 0.238. The van der Waals surface area contributed by atoms with Crippen molar-refractivity contribution in [2.24, 2.45) is 0 Å². The lowest BCUT2D eigenvalue weighted by molar-refractivity contribution is 0.0941. The van der Waals surface area contributed by atoms with Gasteiger partial charge in [0, 0.05) is 29.9 Å². The van der Waals surface area contributed by atoms with Crippen molar-refractivity contribution in [2.45, 2.75) is 20.0 Å². The molecule has 0 saturated carbocycles. The molecule has 0 bridgehead atoms. The first-order valence-electron chi connectivity index (χ1n) is 10.6. The second kappa shape index (κ2) is 11.6. The van der Waals surface area contributed by atoms with Crippen molar-refractivity contribution in [3.63, 3.8) is 0 Å². The number of aromatic amines is 1. The number of hydrogen-bond donors (Lipinski definition) is 5. The maximum atomic E-state index is 12.7. The van der Waals surface area contributed by atoms with E-state index in [2.05, 4.69) is 25.7 Å². The molecule has 4 aromatic rings. The third-order valence-corrected chi connectivity index (χ3v) is 5.51. The summed E-state index contributed by atoms with van der Waals surface area (Å²) in [7, 11) is 0. The van der Waals surface area contributed by atoms with E-state index >= 15 is 0 Å². The number of rotatable bonds is 9. The molecule has 0 unspecified atom stereocenters. The number of aliphatic hydroxyl groups excluding tert-OH is 2. The Labute approximate surface area is 206 Å². The minimum atomic E-state index is -0.775. The maximum absolute atomic E-state index is 12.7. The number of aliphatic hydroxyl groups is 2. The van der Waals surface area contributed by atoms with Crippen LogP contribution in [-0.4, -0.2) is 55.4 Å². The Morgan fingerprint density at radius 1 is 1.17 bits per heavy atom. The molecule has 5 N–H and O–H groups in total. The summed E-state index contributed by atoms with van der Waals surface area (Å²) in [5, 5.41) is 29.9. The van der Waals surface area contributed by atoms with Crippen LogP contribution in [0, 0.1) is 0 Å². The molecule has 0 aliphatic carbocycles. The number of carbonyl (C=O) groups is 1. The van der Waals surface area contributed by atoms with E-state index in [1.54, 1.807) is 40.9 Å². The molecule has 1 atom stereocenters. The van der Waals surface area contributed by atoms with Gasteiger partial charge in [-0.3, -0.25) is 9.59 Å². The Kier molecular flexibility index (Phi) is 8.58. The summed E-state index contributed by atoms with van der Waals surface area (Å²) in [6, 6.07) is 11.9. The van der Waals surface area contributed by atoms with Gasteiger partial charge in [0.05, 0.1) is 18.4 Å². The second-order valence-electron chi connectivity index (χ2n) is 7.52. The first-order chi connectivity index (χ1) is 16.5. The average Bonchev–Trinajstić information content (AvgIpc) is 3.28. The molecule has 1 aromatic carbocycles. The van der Waals surface area contributed by atoms with Crippen LogP contribution in [0.25, 0.3) is 16.8 Å². The molecule has 3 aromatic heterocycles. The normalized spacial score (nSPS) is 11.6. The molecule has 11 heteroatoms. The molecule has 1 amide bonds. The first kappa shape index (κ1) is 25.9. The van der Waals surface area contributed by atoms with Gasteiger partial charge in [-0.2, -0.15) is 5.10 Å². The zero-order chi connectivity index (χ0) is 24.1. The van der Waals surface area contributed by atoms with Crippen molar-refractivity contribution >= 4 is 28.8 Å². The van der Waals surface area contributed by atoms with Crippen LogP contribution in [0.4, 0.5) is 5.82 Å². The fourth-order valence-corrected chi connectivity index (χ4v) is 3.66. The smallest absolute Gasteiger partial charge is 0.260 e. The summed E-state index contributed by atoms with van der Waals surface area (Å²) >= 11 is 5.86. The number of aromatic nitrogens is 4. The second-order valence-corrected chi connectivity index (χ2v) is 7.95. The fraction of sp³-hybridized carbons (Fsp3) is 0.250. The van der Waals surface area contributed by atoms with Gasteiger partial charge >= 0.3 is 0 Å². The summed E-state index contributed by atoms with van der Waals surface area (Å²) in [6.07, 6.45) is 2.38. The van der Waals surface area contributed by atoms with Gasteiger partial charge in [-0.25, -0.2) is 9.50 Å². The Morgan fingerprint density at radius 3 is 2.69 bits per heavy atom. The number of benzene rings is 1. The predicted molar refractivity (Wildman–Crippen MR) is 135 cm³/mol. The highest BCUT2D eigenvalue weighted by atomic mass is 35.5. The maximum Gasteiger partial charge on any atom is 0.260 e. The van der Waals surface area contributed by atoms with Gasteiger partial charge in [-0.05, 0) is 42.3 Å². The van der Waals surface area contributed by atoms with Crippen molar-refractivity contribution < 1.29 is 15.0 Å². The van der Waals surface area contributed by atoms with E-state index in [0.29, 0.717) is 39.7 Å². The van der Waals surface area contributed by atoms with E-state index in [4.69, 9.17) is 16.7 Å². The van der Waals surface area contributed by atoms with Crippen molar-refractivity contribution in [3.8, 4) is 11.3 Å². The molecule has 0 saturated heterocycles. The molecule has 0 aliphatic heterocycles. The summed E-state index contributed by atoms with van der Waals surface area (Å²) in [4.78, 5) is 31.8. The molecular weight excluding hydrogens is 472 g/mol. The van der Waals surface area contributed by atoms with Gasteiger partial charge in [0.2, 0.25) is 0 Å². The lowest BCUT2D eigenvalue weighted by Crippen LogP contribution is -2.30. The third kappa shape index (κ3) is 5.86. The van der Waals surface area contributed by atoms with Crippen LogP contribution in [0.15, 0.2) is 59.8 Å². The molecule has 0 radical (unpaired) electrons. The van der Waals surface area contributed by atoms with Crippen molar-refractivity contribution in [2.75, 3.05) is 25.0 Å². The Hall–Kier alpha value is -3.73. The lowest BCUT2D eigenvalue weighted by atomic mass is 10.1. The Balaban J connectivity index is 0.00000342. The monoisotopic (exact) mass is 498 g/mol. The zero-order valence-electron chi connectivity index (χ0n) is 18.0. The Morgan fingerprint density at radius 2 is 1.94 bits per heavy atom. The number of H-pyrrole nitrogens is 1. The van der Waals surface area contributed by atoms with Gasteiger partial charge in [0.25, 0.3) is 11.5 Å². The largest absolute Gasteiger partial charge is 0.395 e. The fourth-order valence-electron chi connectivity index (χ4n) is 3.53. The molecule has 4 rings (SSSR count). The first-order valence-corrected chi connectivity index (χ1v) is 11.0. The van der Waals surface area contributed by atoms with Crippen LogP contribution < -0.4 is 16.2 Å². The molecule has 35 heavy (non-hydrogen) atoms. The average molecular weight is 499 g/mol. The topological polar surface area (TPSA) is 145 Å². The molecular formula is C24H27ClN6O4. The molecule has 0 spiro atoms. The summed E-state index contributed by atoms with van der Waals surface area (Å²) in [5.74, 6) is 0.00383. The van der Waals surface area contributed by atoms with E-state index in [1.165, 1.54) is 18.6 Å². The number of hydrogen-bond acceptors (Lipinski definition) is 7. The van der Waals surface area contributed by atoms with Gasteiger partial charge in [-0.1, -0.05) is 31.2 Å². The highest BCUT2D eigenvalue weighted by Gasteiger charge is 2.16. The summed E-state index contributed by atoms with van der Waals surface area (Å²) < 4.78 is 1.63. The molecule has 0 fully saturated rings. The minimum absolute atomic E-state index is 0. The van der Waals surface area contributed by atoms with Crippen molar-refractivity contribution in [3.05, 3.63) is 81.5 Å². The zero-order valence-corrected chi connectivity index (χ0v) is 18.8. The van der Waals surface area contributed by atoms with Crippen LogP contribution in [-0.2, 0) is 0 Å². The number of halogens is 1. The van der Waals surface area contributed by atoms with Gasteiger partial charge in [-0.15, -0.1) is 0 Å². The van der Waals surface area contributed by atoms with Crippen molar-refractivity contribution in [1.82, 2.24) is 24.9 Å². The van der Waals surface area contributed by atoms with Crippen LogP contribution in [0.2, 0.25) is 5.02 Å².